The number of nitrogens with two attached hydrogens (primary N) is 1. The summed E-state index contributed by atoms with van der Waals surface area (Å²) in [6, 6.07) is 6.13. The highest BCUT2D eigenvalue weighted by Gasteiger charge is 2.28. The first-order valence-electron chi connectivity index (χ1n) is 7.30. The van der Waals surface area contributed by atoms with Crippen LogP contribution in [-0.2, 0) is 0 Å². The van der Waals surface area contributed by atoms with Crippen LogP contribution in [0.4, 0.5) is 0 Å². The van der Waals surface area contributed by atoms with Crippen LogP contribution >= 0.6 is 27.5 Å². The number of hydrogen-bond donors (Lipinski definition) is 1. The van der Waals surface area contributed by atoms with Gasteiger partial charge in [0.05, 0.1) is 12.6 Å². The normalized spacial score (nSPS) is 18.4. The van der Waals surface area contributed by atoms with Crippen LogP contribution in [0, 0.1) is 0 Å². The summed E-state index contributed by atoms with van der Waals surface area (Å²) in [6.07, 6.45) is 0. The average molecular weight is 374 g/mol. The predicted octanol–water partition coefficient (Wildman–Crippen LogP) is 3.12. The fourth-order valence-electron chi connectivity index (χ4n) is 2.63. The largest absolute Gasteiger partial charge is 0.370 e. The van der Waals surface area contributed by atoms with Gasteiger partial charge in [0.25, 0.3) is 0 Å². The molecule has 4 nitrogen and oxygen atoms in total. The summed E-state index contributed by atoms with van der Waals surface area (Å²) in [4.78, 5) is 8.94. The van der Waals surface area contributed by atoms with Gasteiger partial charge in [-0.1, -0.05) is 47.4 Å². The van der Waals surface area contributed by atoms with E-state index in [0.29, 0.717) is 12.5 Å². The first-order valence-corrected chi connectivity index (χ1v) is 8.47. The quantitative estimate of drug-likeness (QED) is 0.833. The second-order valence-corrected chi connectivity index (χ2v) is 6.42. The van der Waals surface area contributed by atoms with Crippen LogP contribution in [0.5, 0.6) is 0 Å². The Morgan fingerprint density at radius 1 is 1.43 bits per heavy atom. The summed E-state index contributed by atoms with van der Waals surface area (Å²) in [5, 5.41) is 0.757. The number of nitrogens with zero attached hydrogens (tertiary/aromatic N) is 3. The molecule has 1 aromatic rings. The molecule has 0 aliphatic carbocycles. The van der Waals surface area contributed by atoms with Crippen molar-refractivity contribution in [2.45, 2.75) is 19.9 Å². The van der Waals surface area contributed by atoms with Crippen LogP contribution < -0.4 is 5.73 Å². The van der Waals surface area contributed by atoms with Crippen LogP contribution in [0.2, 0.25) is 5.02 Å². The molecule has 0 saturated carbocycles. The molecule has 0 spiro atoms. The van der Waals surface area contributed by atoms with Gasteiger partial charge < -0.3 is 15.5 Å². The number of halogens is 2. The topological polar surface area (TPSA) is 44.9 Å². The molecule has 1 aromatic carbocycles. The van der Waals surface area contributed by atoms with Gasteiger partial charge >= 0.3 is 0 Å². The fraction of sp³-hybridized carbons (Fsp3) is 0.533. The summed E-state index contributed by atoms with van der Waals surface area (Å²) in [5.41, 5.74) is 7.15. The molecule has 0 amide bonds. The van der Waals surface area contributed by atoms with Crippen LogP contribution in [0.25, 0.3) is 0 Å². The molecule has 1 atom stereocenters. The van der Waals surface area contributed by atoms with Gasteiger partial charge in [0.2, 0.25) is 0 Å². The van der Waals surface area contributed by atoms with Crippen molar-refractivity contribution in [3.63, 3.8) is 0 Å². The lowest BCUT2D eigenvalue weighted by Crippen LogP contribution is -2.41. The van der Waals surface area contributed by atoms with Crippen molar-refractivity contribution in [3.05, 3.63) is 33.3 Å². The number of guanidine groups is 1. The van der Waals surface area contributed by atoms with Gasteiger partial charge in [-0.3, -0.25) is 4.99 Å². The van der Waals surface area contributed by atoms with Crippen molar-refractivity contribution in [3.8, 4) is 0 Å². The van der Waals surface area contributed by atoms with Crippen LogP contribution in [0.1, 0.15) is 25.5 Å². The number of aliphatic imine (C=N–C) groups is 1. The third-order valence-electron chi connectivity index (χ3n) is 3.97. The van der Waals surface area contributed by atoms with Gasteiger partial charge in [-0.15, -0.1) is 0 Å². The Labute approximate surface area is 140 Å². The number of hydrogen-bond acceptors (Lipinski definition) is 4. The van der Waals surface area contributed by atoms with Crippen LogP contribution in [0.3, 0.4) is 0 Å². The van der Waals surface area contributed by atoms with Crippen molar-refractivity contribution in [2.75, 3.05) is 32.7 Å². The predicted molar refractivity (Wildman–Crippen MR) is 92.9 cm³/mol. The Morgan fingerprint density at radius 2 is 2.14 bits per heavy atom. The summed E-state index contributed by atoms with van der Waals surface area (Å²) in [7, 11) is 0. The zero-order chi connectivity index (χ0) is 15.4. The zero-order valence-corrected chi connectivity index (χ0v) is 14.9. The van der Waals surface area contributed by atoms with E-state index in [9.17, 15) is 0 Å². The molecule has 6 heteroatoms. The number of rotatable bonds is 6. The second kappa shape index (κ2) is 7.47. The maximum absolute atomic E-state index is 6.38. The molecule has 1 unspecified atom stereocenters. The Morgan fingerprint density at radius 3 is 2.76 bits per heavy atom. The van der Waals surface area contributed by atoms with Gasteiger partial charge in [-0.05, 0) is 30.8 Å². The number of likely N-dealkylation sites (N-methyl/N-ethyl adjacent to an activating group) is 1. The zero-order valence-electron chi connectivity index (χ0n) is 12.5. The van der Waals surface area contributed by atoms with Gasteiger partial charge in [0.15, 0.2) is 5.96 Å². The summed E-state index contributed by atoms with van der Waals surface area (Å²) in [5.74, 6) is 0.617. The van der Waals surface area contributed by atoms with Gasteiger partial charge in [-0.25, -0.2) is 0 Å². The molecule has 21 heavy (non-hydrogen) atoms. The van der Waals surface area contributed by atoms with Gasteiger partial charge in [-0.2, -0.15) is 0 Å². The molecule has 0 bridgehead atoms. The maximum Gasteiger partial charge on any atom is 0.191 e. The van der Waals surface area contributed by atoms with Crippen molar-refractivity contribution >= 4 is 33.5 Å². The molecule has 0 saturated heterocycles. The van der Waals surface area contributed by atoms with E-state index in [1.807, 2.05) is 12.1 Å². The molecular formula is C15H22BrClN4. The summed E-state index contributed by atoms with van der Waals surface area (Å²) >= 11 is 9.82. The molecule has 2 rings (SSSR count). The van der Waals surface area contributed by atoms with Crippen molar-refractivity contribution in [1.29, 1.82) is 0 Å². The van der Waals surface area contributed by atoms with E-state index < -0.39 is 0 Å². The first-order chi connectivity index (χ1) is 10.1. The lowest BCUT2D eigenvalue weighted by molar-refractivity contribution is 0.248. The third-order valence-corrected chi connectivity index (χ3v) is 4.79. The lowest BCUT2D eigenvalue weighted by atomic mass is 10.1. The third kappa shape index (κ3) is 3.90. The maximum atomic E-state index is 6.38. The van der Waals surface area contributed by atoms with E-state index in [0.717, 1.165) is 41.2 Å². The molecule has 1 aliphatic rings. The van der Waals surface area contributed by atoms with E-state index in [-0.39, 0.29) is 6.04 Å². The number of benzene rings is 1. The monoisotopic (exact) mass is 372 g/mol. The molecule has 1 heterocycles. The minimum atomic E-state index is 0.140. The van der Waals surface area contributed by atoms with E-state index in [2.05, 4.69) is 50.6 Å². The Hall–Kier alpha value is -0.780. The van der Waals surface area contributed by atoms with E-state index in [1.54, 1.807) is 0 Å². The van der Waals surface area contributed by atoms with E-state index in [1.165, 1.54) is 0 Å². The Kier molecular flexibility index (Phi) is 5.90. The first kappa shape index (κ1) is 16.6. The van der Waals surface area contributed by atoms with Gasteiger partial charge in [0.1, 0.15) is 0 Å². The molecular weight excluding hydrogens is 352 g/mol. The molecule has 0 fully saturated rings. The summed E-state index contributed by atoms with van der Waals surface area (Å²) < 4.78 is 0.984. The fourth-order valence-corrected chi connectivity index (χ4v) is 3.43. The molecule has 0 radical (unpaired) electrons. The highest BCUT2D eigenvalue weighted by atomic mass is 79.9. The Balaban J connectivity index is 2.12. The lowest BCUT2D eigenvalue weighted by Gasteiger charge is -2.29. The second-order valence-electron chi connectivity index (χ2n) is 5.10. The SMILES string of the molecule is CCN(CC)CCN1C(N)=NCC1c1ccc(Br)cc1Cl. The molecule has 1 aliphatic heterocycles. The van der Waals surface area contributed by atoms with E-state index >= 15 is 0 Å². The highest BCUT2D eigenvalue weighted by Crippen LogP contribution is 2.32. The minimum absolute atomic E-state index is 0.140. The Bertz CT molecular complexity index is 516. The van der Waals surface area contributed by atoms with E-state index in [4.69, 9.17) is 17.3 Å². The van der Waals surface area contributed by atoms with Crippen molar-refractivity contribution in [1.82, 2.24) is 9.80 Å². The summed E-state index contributed by atoms with van der Waals surface area (Å²) in [6.45, 7) is 8.96. The minimum Gasteiger partial charge on any atom is -0.370 e. The van der Waals surface area contributed by atoms with Crippen molar-refractivity contribution in [2.24, 2.45) is 10.7 Å². The standard InChI is InChI=1S/C15H22BrClN4/c1-3-20(4-2)7-8-21-14(10-19-15(21)18)12-6-5-11(16)9-13(12)17/h5-6,9,14H,3-4,7-8,10H2,1-2H3,(H2,18,19). The van der Waals surface area contributed by atoms with Crippen molar-refractivity contribution < 1.29 is 0 Å². The molecule has 116 valence electrons. The van der Waals surface area contributed by atoms with Gasteiger partial charge in [0, 0.05) is 22.6 Å². The van der Waals surface area contributed by atoms with Crippen LogP contribution in [-0.4, -0.2) is 48.5 Å². The smallest absolute Gasteiger partial charge is 0.191 e. The highest BCUT2D eigenvalue weighted by molar-refractivity contribution is 9.10. The molecule has 0 aromatic heterocycles. The van der Waals surface area contributed by atoms with Crippen LogP contribution in [0.15, 0.2) is 27.7 Å². The molecule has 2 N–H and O–H groups in total. The average Bonchev–Trinajstić information content (AvgIpc) is 2.81.